The molecular weight excluding hydrogens is 398 g/mol. The molecule has 1 unspecified atom stereocenters. The van der Waals surface area contributed by atoms with Crippen molar-refractivity contribution in [2.75, 3.05) is 24.3 Å². The van der Waals surface area contributed by atoms with E-state index < -0.39 is 0 Å². The van der Waals surface area contributed by atoms with Gasteiger partial charge in [-0.25, -0.2) is 0 Å². The van der Waals surface area contributed by atoms with Crippen LogP contribution in [0.25, 0.3) is 11.5 Å². The summed E-state index contributed by atoms with van der Waals surface area (Å²) < 4.78 is 11.2. The number of hydrogen-bond acceptors (Lipinski definition) is 6. The molecule has 1 amide bonds. The Balaban J connectivity index is 1.44. The third-order valence-electron chi connectivity index (χ3n) is 5.16. The van der Waals surface area contributed by atoms with E-state index in [1.165, 1.54) is 0 Å². The van der Waals surface area contributed by atoms with Crippen LogP contribution in [0.5, 0.6) is 5.75 Å². The number of amides is 1. The monoisotopic (exact) mass is 423 g/mol. The predicted octanol–water partition coefficient (Wildman–Crippen LogP) is 5.16. The fraction of sp³-hybridized carbons (Fsp3) is 0.348. The van der Waals surface area contributed by atoms with Crippen LogP contribution in [0.15, 0.2) is 57.9 Å². The Labute approximate surface area is 180 Å². The van der Waals surface area contributed by atoms with E-state index in [1.54, 1.807) is 11.8 Å². The van der Waals surface area contributed by atoms with Crippen molar-refractivity contribution in [3.63, 3.8) is 0 Å². The third kappa shape index (κ3) is 4.51. The molecule has 6 nitrogen and oxygen atoms in total. The molecular formula is C23H25N3O3S. The zero-order valence-corrected chi connectivity index (χ0v) is 18.0. The number of ether oxygens (including phenoxy) is 1. The maximum atomic E-state index is 12.6. The lowest BCUT2D eigenvalue weighted by Gasteiger charge is -2.16. The SMILES string of the molecule is CCCCOc1ccc(-c2nc(C3CC(=O)N(c4cccc(SC)c4)C3)no2)cc1. The molecule has 2 aromatic carbocycles. The number of aromatic nitrogens is 2. The van der Waals surface area contributed by atoms with E-state index in [-0.39, 0.29) is 11.8 Å². The largest absolute Gasteiger partial charge is 0.494 e. The molecule has 0 N–H and O–H groups in total. The van der Waals surface area contributed by atoms with Crippen molar-refractivity contribution in [1.82, 2.24) is 10.1 Å². The number of benzene rings is 2. The van der Waals surface area contributed by atoms with Crippen molar-refractivity contribution >= 4 is 23.4 Å². The van der Waals surface area contributed by atoms with Gasteiger partial charge < -0.3 is 14.2 Å². The first-order valence-electron chi connectivity index (χ1n) is 10.2. The minimum atomic E-state index is -0.0791. The Morgan fingerprint density at radius 1 is 1.23 bits per heavy atom. The highest BCUT2D eigenvalue weighted by Crippen LogP contribution is 2.33. The molecule has 1 aromatic heterocycles. The lowest BCUT2D eigenvalue weighted by molar-refractivity contribution is -0.117. The molecule has 0 radical (unpaired) electrons. The molecule has 1 fully saturated rings. The molecule has 1 saturated heterocycles. The van der Waals surface area contributed by atoms with Gasteiger partial charge in [0.2, 0.25) is 5.91 Å². The minimum Gasteiger partial charge on any atom is -0.494 e. The van der Waals surface area contributed by atoms with E-state index in [0.717, 1.165) is 34.7 Å². The molecule has 1 aliphatic heterocycles. The van der Waals surface area contributed by atoms with Crippen LogP contribution in [-0.4, -0.2) is 35.5 Å². The lowest BCUT2D eigenvalue weighted by atomic mass is 10.1. The lowest BCUT2D eigenvalue weighted by Crippen LogP contribution is -2.24. The second kappa shape index (κ2) is 9.34. The topological polar surface area (TPSA) is 68.5 Å². The molecule has 30 heavy (non-hydrogen) atoms. The van der Waals surface area contributed by atoms with E-state index in [1.807, 2.05) is 59.7 Å². The van der Waals surface area contributed by atoms with Crippen LogP contribution in [0.2, 0.25) is 0 Å². The molecule has 1 atom stereocenters. The van der Waals surface area contributed by atoms with Crippen LogP contribution >= 0.6 is 11.8 Å². The van der Waals surface area contributed by atoms with Crippen molar-refractivity contribution in [1.29, 1.82) is 0 Å². The number of carbonyl (C=O) groups excluding carboxylic acids is 1. The summed E-state index contributed by atoms with van der Waals surface area (Å²) in [5.41, 5.74) is 1.75. The molecule has 156 valence electrons. The Kier molecular flexibility index (Phi) is 6.38. The highest BCUT2D eigenvalue weighted by atomic mass is 32.2. The summed E-state index contributed by atoms with van der Waals surface area (Å²) in [5, 5.41) is 4.15. The fourth-order valence-corrected chi connectivity index (χ4v) is 3.91. The number of unbranched alkanes of at least 4 members (excludes halogenated alkanes) is 1. The maximum Gasteiger partial charge on any atom is 0.257 e. The van der Waals surface area contributed by atoms with Crippen molar-refractivity contribution in [3.8, 4) is 17.2 Å². The molecule has 4 rings (SSSR count). The van der Waals surface area contributed by atoms with Crippen molar-refractivity contribution < 1.29 is 14.1 Å². The fourth-order valence-electron chi connectivity index (χ4n) is 3.45. The number of thioether (sulfide) groups is 1. The van der Waals surface area contributed by atoms with E-state index in [2.05, 4.69) is 17.1 Å². The highest BCUT2D eigenvalue weighted by molar-refractivity contribution is 7.98. The van der Waals surface area contributed by atoms with E-state index in [0.29, 0.717) is 31.3 Å². The highest BCUT2D eigenvalue weighted by Gasteiger charge is 2.34. The Hall–Kier alpha value is -2.80. The zero-order chi connectivity index (χ0) is 20.9. The summed E-state index contributed by atoms with van der Waals surface area (Å²) in [5.74, 6) is 1.87. The van der Waals surface area contributed by atoms with Crippen LogP contribution in [0, 0.1) is 0 Å². The van der Waals surface area contributed by atoms with Crippen LogP contribution in [0.1, 0.15) is 37.9 Å². The maximum absolute atomic E-state index is 12.6. The Morgan fingerprint density at radius 2 is 2.07 bits per heavy atom. The van der Waals surface area contributed by atoms with Gasteiger partial charge in [0, 0.05) is 35.0 Å². The number of hydrogen-bond donors (Lipinski definition) is 0. The summed E-state index contributed by atoms with van der Waals surface area (Å²) in [4.78, 5) is 20.1. The van der Waals surface area contributed by atoms with E-state index in [4.69, 9.17) is 9.26 Å². The van der Waals surface area contributed by atoms with Gasteiger partial charge in [-0.05, 0) is 55.1 Å². The average molecular weight is 424 g/mol. The van der Waals surface area contributed by atoms with Gasteiger partial charge in [-0.3, -0.25) is 4.79 Å². The number of carbonyl (C=O) groups is 1. The molecule has 0 spiro atoms. The second-order valence-corrected chi connectivity index (χ2v) is 8.17. The third-order valence-corrected chi connectivity index (χ3v) is 5.89. The Bertz CT molecular complexity index is 1000. The summed E-state index contributed by atoms with van der Waals surface area (Å²) in [6.45, 7) is 3.41. The smallest absolute Gasteiger partial charge is 0.257 e. The first-order valence-corrected chi connectivity index (χ1v) is 11.4. The van der Waals surface area contributed by atoms with Crippen molar-refractivity contribution in [2.45, 2.75) is 37.0 Å². The summed E-state index contributed by atoms with van der Waals surface area (Å²) in [7, 11) is 0. The van der Waals surface area contributed by atoms with E-state index in [9.17, 15) is 4.79 Å². The number of rotatable bonds is 8. The summed E-state index contributed by atoms with van der Waals surface area (Å²) in [6, 6.07) is 15.7. The van der Waals surface area contributed by atoms with Gasteiger partial charge in [0.25, 0.3) is 5.89 Å². The van der Waals surface area contributed by atoms with Crippen molar-refractivity contribution in [3.05, 3.63) is 54.4 Å². The van der Waals surface area contributed by atoms with Crippen LogP contribution < -0.4 is 9.64 Å². The quantitative estimate of drug-likeness (QED) is 0.368. The van der Waals surface area contributed by atoms with Gasteiger partial charge in [0.15, 0.2) is 5.82 Å². The van der Waals surface area contributed by atoms with Gasteiger partial charge in [-0.2, -0.15) is 4.98 Å². The average Bonchev–Trinajstić information content (AvgIpc) is 3.41. The zero-order valence-electron chi connectivity index (χ0n) is 17.2. The van der Waals surface area contributed by atoms with Crippen LogP contribution in [-0.2, 0) is 4.79 Å². The van der Waals surface area contributed by atoms with Gasteiger partial charge in [0.05, 0.1) is 6.61 Å². The van der Waals surface area contributed by atoms with Gasteiger partial charge in [-0.15, -0.1) is 11.8 Å². The van der Waals surface area contributed by atoms with Crippen LogP contribution in [0.3, 0.4) is 0 Å². The molecule has 3 aromatic rings. The number of anilines is 1. The van der Waals surface area contributed by atoms with Crippen molar-refractivity contribution in [2.24, 2.45) is 0 Å². The predicted molar refractivity (Wildman–Crippen MR) is 118 cm³/mol. The first kappa shape index (κ1) is 20.5. The summed E-state index contributed by atoms with van der Waals surface area (Å²) >= 11 is 1.66. The van der Waals surface area contributed by atoms with Crippen LogP contribution in [0.4, 0.5) is 5.69 Å². The molecule has 0 aliphatic carbocycles. The standard InChI is InChI=1S/C23H25N3O3S/c1-3-4-12-28-19-10-8-16(9-11-19)23-24-22(25-29-23)17-13-21(27)26(15-17)18-6-5-7-20(14-18)30-2/h5-11,14,17H,3-4,12-13,15H2,1-2H3. The Morgan fingerprint density at radius 3 is 2.83 bits per heavy atom. The van der Waals surface area contributed by atoms with E-state index >= 15 is 0 Å². The normalized spacial score (nSPS) is 16.3. The molecule has 1 aliphatic rings. The van der Waals surface area contributed by atoms with Gasteiger partial charge in [-0.1, -0.05) is 24.6 Å². The minimum absolute atomic E-state index is 0.0791. The molecule has 0 saturated carbocycles. The number of nitrogens with zero attached hydrogens (tertiary/aromatic N) is 3. The molecule has 2 heterocycles. The summed E-state index contributed by atoms with van der Waals surface area (Å²) in [6.07, 6.45) is 4.55. The van der Waals surface area contributed by atoms with Gasteiger partial charge >= 0.3 is 0 Å². The second-order valence-electron chi connectivity index (χ2n) is 7.29. The molecule has 0 bridgehead atoms. The first-order chi connectivity index (χ1) is 14.7. The molecule has 7 heteroatoms. The van der Waals surface area contributed by atoms with Gasteiger partial charge in [0.1, 0.15) is 5.75 Å².